The molecule has 11 heavy (non-hydrogen) atoms. The number of rotatable bonds is 4. The van der Waals surface area contributed by atoms with Crippen LogP contribution >= 0.6 is 0 Å². The first-order valence-corrected chi connectivity index (χ1v) is 4.27. The van der Waals surface area contributed by atoms with E-state index >= 15 is 0 Å². The fraction of sp³-hybridized carbons (Fsp3) is 1.00. The summed E-state index contributed by atoms with van der Waals surface area (Å²) in [6.07, 6.45) is 0. The van der Waals surface area contributed by atoms with E-state index in [1.165, 1.54) is 0 Å². The second-order valence-electron chi connectivity index (χ2n) is 1.98. The zero-order valence-corrected chi connectivity index (χ0v) is 9.08. The van der Waals surface area contributed by atoms with Crippen LogP contribution in [0.3, 0.4) is 0 Å². The van der Waals surface area contributed by atoms with E-state index < -0.39 is 35.0 Å². The molecule has 0 saturated heterocycles. The molecular formula is C4H11NaO5S. The molecule has 0 aliphatic heterocycles. The van der Waals surface area contributed by atoms with Crippen LogP contribution in [0, 0.1) is 5.92 Å². The molecule has 64 valence electrons. The van der Waals surface area contributed by atoms with E-state index in [9.17, 15) is 8.42 Å². The van der Waals surface area contributed by atoms with Gasteiger partial charge in [0.15, 0.2) is 0 Å². The van der Waals surface area contributed by atoms with Crippen LogP contribution in [0.2, 0.25) is 0 Å². The summed E-state index contributed by atoms with van der Waals surface area (Å²) < 4.78 is 28.4. The summed E-state index contributed by atoms with van der Waals surface area (Å²) >= 11 is 0. The van der Waals surface area contributed by atoms with Crippen molar-refractivity contribution in [3.63, 3.8) is 0 Å². The molecule has 0 fully saturated rings. The Balaban J connectivity index is -0.000000405. The van der Waals surface area contributed by atoms with Crippen LogP contribution in [0.5, 0.6) is 0 Å². The molecule has 0 aromatic heterocycles. The molecule has 0 aromatic rings. The van der Waals surface area contributed by atoms with E-state index in [0.29, 0.717) is 0 Å². The molecule has 0 rings (SSSR count). The van der Waals surface area contributed by atoms with Crippen LogP contribution in [0.4, 0.5) is 0 Å². The van der Waals surface area contributed by atoms with Gasteiger partial charge in [-0.15, -0.1) is 0 Å². The minimum absolute atomic E-state index is 0. The minimum Gasteiger partial charge on any atom is -1.00 e. The smallest absolute Gasteiger partial charge is 1.00 e. The van der Waals surface area contributed by atoms with Crippen LogP contribution in [0.1, 0.15) is 1.43 Å². The molecule has 0 aromatic carbocycles. The number of aliphatic hydroxyl groups is 2. The van der Waals surface area contributed by atoms with E-state index in [4.69, 9.17) is 14.8 Å². The van der Waals surface area contributed by atoms with Crippen molar-refractivity contribution in [2.45, 2.75) is 0 Å². The van der Waals surface area contributed by atoms with Gasteiger partial charge in [-0.1, -0.05) is 0 Å². The van der Waals surface area contributed by atoms with Gasteiger partial charge < -0.3 is 11.6 Å². The maximum absolute atomic E-state index is 10.1. The van der Waals surface area contributed by atoms with E-state index in [1.807, 2.05) is 0 Å². The molecule has 0 spiro atoms. The second kappa shape index (κ2) is 6.36. The van der Waals surface area contributed by atoms with Gasteiger partial charge >= 0.3 is 29.6 Å². The maximum atomic E-state index is 10.1. The van der Waals surface area contributed by atoms with Crippen molar-refractivity contribution in [3.05, 3.63) is 0 Å². The topological polar surface area (TPSA) is 94.8 Å². The predicted molar refractivity (Wildman–Crippen MR) is 35.2 cm³/mol. The van der Waals surface area contributed by atoms with E-state index in [2.05, 4.69) is 0 Å². The summed E-state index contributed by atoms with van der Waals surface area (Å²) in [5.74, 6) is -1.38. The monoisotopic (exact) mass is 194 g/mol. The third-order valence-electron chi connectivity index (χ3n) is 0.963. The number of hydrogen-bond donors (Lipinski definition) is 3. The van der Waals surface area contributed by atoms with Crippen molar-refractivity contribution in [1.82, 2.24) is 0 Å². The van der Waals surface area contributed by atoms with Gasteiger partial charge in [0.1, 0.15) is 0 Å². The molecule has 5 nitrogen and oxygen atoms in total. The fourth-order valence-corrected chi connectivity index (χ4v) is 1.27. The third-order valence-corrected chi connectivity index (χ3v) is 1.86. The molecule has 0 radical (unpaired) electrons. The summed E-state index contributed by atoms with van der Waals surface area (Å²) in [6.45, 7) is -0.896. The first-order valence-electron chi connectivity index (χ1n) is 2.66. The van der Waals surface area contributed by atoms with Crippen molar-refractivity contribution in [3.8, 4) is 0 Å². The molecular weight excluding hydrogens is 183 g/mol. The van der Waals surface area contributed by atoms with Crippen molar-refractivity contribution in [2.75, 3.05) is 19.0 Å². The first kappa shape index (κ1) is 14.4. The van der Waals surface area contributed by atoms with Gasteiger partial charge in [-0.3, -0.25) is 4.55 Å². The van der Waals surface area contributed by atoms with Gasteiger partial charge in [0.05, 0.1) is 5.75 Å². The average Bonchev–Trinajstić information content (AvgIpc) is 1.81. The van der Waals surface area contributed by atoms with Crippen LogP contribution in [0.15, 0.2) is 0 Å². The SMILES string of the molecule is O=S(=O)(O)CC(CO)CO.[H-].[Na+]. The van der Waals surface area contributed by atoms with Crippen LogP contribution < -0.4 is 29.6 Å². The zero-order chi connectivity index (χ0) is 8.20. The molecule has 0 bridgehead atoms. The molecule has 0 unspecified atom stereocenters. The fourth-order valence-electron chi connectivity index (χ4n) is 0.461. The molecule has 0 saturated carbocycles. The van der Waals surface area contributed by atoms with Gasteiger partial charge in [-0.25, -0.2) is 0 Å². The standard InChI is InChI=1S/C4H10O5S.Na.H/c5-1-4(2-6)3-10(7,8)9;;/h4-6H,1-3H2,(H,7,8,9);;/q;+1;-1. The van der Waals surface area contributed by atoms with E-state index in [0.717, 1.165) is 0 Å². The molecule has 0 atom stereocenters. The summed E-state index contributed by atoms with van der Waals surface area (Å²) in [7, 11) is -4.07. The van der Waals surface area contributed by atoms with Gasteiger partial charge in [-0.2, -0.15) is 8.42 Å². The largest absolute Gasteiger partial charge is 1.00 e. The van der Waals surface area contributed by atoms with Gasteiger partial charge in [0.25, 0.3) is 10.1 Å². The van der Waals surface area contributed by atoms with Crippen molar-refractivity contribution in [2.24, 2.45) is 5.92 Å². The Hall–Kier alpha value is 0.830. The van der Waals surface area contributed by atoms with Gasteiger partial charge in [0.2, 0.25) is 0 Å². The van der Waals surface area contributed by atoms with Gasteiger partial charge in [-0.05, 0) is 0 Å². The molecule has 3 N–H and O–H groups in total. The second-order valence-corrected chi connectivity index (χ2v) is 3.48. The van der Waals surface area contributed by atoms with Crippen molar-refractivity contribution >= 4 is 10.1 Å². The molecule has 0 heterocycles. The Morgan fingerprint density at radius 2 is 1.64 bits per heavy atom. The Labute approximate surface area is 88.9 Å². The van der Waals surface area contributed by atoms with E-state index in [-0.39, 0.29) is 31.0 Å². The molecule has 0 aliphatic rings. The number of aliphatic hydroxyl groups excluding tert-OH is 2. The Morgan fingerprint density at radius 3 is 1.73 bits per heavy atom. The zero-order valence-electron chi connectivity index (χ0n) is 7.27. The minimum atomic E-state index is -4.07. The molecule has 7 heteroatoms. The summed E-state index contributed by atoms with van der Waals surface area (Å²) in [4.78, 5) is 0. The van der Waals surface area contributed by atoms with Crippen LogP contribution in [-0.4, -0.2) is 42.2 Å². The van der Waals surface area contributed by atoms with Gasteiger partial charge in [0, 0.05) is 19.1 Å². The molecule has 0 amide bonds. The van der Waals surface area contributed by atoms with Crippen LogP contribution in [0.25, 0.3) is 0 Å². The summed E-state index contributed by atoms with van der Waals surface area (Å²) in [6, 6.07) is 0. The summed E-state index contributed by atoms with van der Waals surface area (Å²) in [5.41, 5.74) is 0. The maximum Gasteiger partial charge on any atom is 1.00 e. The predicted octanol–water partition coefficient (Wildman–Crippen LogP) is -4.41. The van der Waals surface area contributed by atoms with Crippen molar-refractivity contribution < 1.29 is 54.2 Å². The third kappa shape index (κ3) is 8.74. The first-order chi connectivity index (χ1) is 4.49. The molecule has 0 aliphatic carbocycles. The number of hydrogen-bond acceptors (Lipinski definition) is 4. The Bertz CT molecular complexity index is 178. The summed E-state index contributed by atoms with van der Waals surface area (Å²) in [5, 5.41) is 16.7. The Kier molecular flexibility index (Phi) is 8.30. The van der Waals surface area contributed by atoms with Crippen molar-refractivity contribution in [1.29, 1.82) is 0 Å². The quantitative estimate of drug-likeness (QED) is 0.310. The van der Waals surface area contributed by atoms with E-state index in [1.54, 1.807) is 0 Å². The Morgan fingerprint density at radius 1 is 1.27 bits per heavy atom. The average molecular weight is 194 g/mol. The normalized spacial score (nSPS) is 11.3. The van der Waals surface area contributed by atoms with Crippen LogP contribution in [-0.2, 0) is 10.1 Å².